The molecule has 1 N–H and O–H groups in total. The van der Waals surface area contributed by atoms with Crippen molar-refractivity contribution in [2.75, 3.05) is 20.1 Å². The normalized spacial score (nSPS) is 18.2. The summed E-state index contributed by atoms with van der Waals surface area (Å²) < 4.78 is 5.49. The van der Waals surface area contributed by atoms with E-state index < -0.39 is 34.5 Å². The molecule has 0 spiro atoms. The van der Waals surface area contributed by atoms with Crippen LogP contribution in [0.4, 0.5) is 10.5 Å². The van der Waals surface area contributed by atoms with Crippen molar-refractivity contribution in [3.63, 3.8) is 0 Å². The predicted octanol–water partition coefficient (Wildman–Crippen LogP) is 5.90. The van der Waals surface area contributed by atoms with Crippen molar-refractivity contribution in [1.82, 2.24) is 15.1 Å². The van der Waals surface area contributed by atoms with Gasteiger partial charge < -0.3 is 19.9 Å². The number of benzene rings is 2. The van der Waals surface area contributed by atoms with Crippen LogP contribution in [0.2, 0.25) is 5.02 Å². The van der Waals surface area contributed by atoms with Crippen molar-refractivity contribution >= 4 is 35.2 Å². The largest absolute Gasteiger partial charge is 0.459 e. The number of nitro groups is 1. The maximum Gasteiger partial charge on any atom is 0.338 e. The van der Waals surface area contributed by atoms with Crippen LogP contribution in [0.15, 0.2) is 59.8 Å². The Hall–Kier alpha value is -3.92. The summed E-state index contributed by atoms with van der Waals surface area (Å²) in [7, 11) is 1.77. The van der Waals surface area contributed by atoms with Crippen LogP contribution in [0.1, 0.15) is 70.0 Å². The second-order valence-corrected chi connectivity index (χ2v) is 11.7. The number of ether oxygens (including phenoxy) is 1. The Morgan fingerprint density at radius 3 is 2.48 bits per heavy atom. The Bertz CT molecular complexity index is 1380. The Morgan fingerprint density at radius 2 is 1.86 bits per heavy atom. The first-order valence-corrected chi connectivity index (χ1v) is 14.6. The van der Waals surface area contributed by atoms with Gasteiger partial charge in [-0.05, 0) is 63.3 Å². The zero-order valence-electron chi connectivity index (χ0n) is 24.4. The van der Waals surface area contributed by atoms with Crippen LogP contribution in [0.25, 0.3) is 0 Å². The number of non-ortho nitro benzene ring substituents is 1. The minimum absolute atomic E-state index is 0.0255. The highest BCUT2D eigenvalue weighted by atomic mass is 35.5. The van der Waals surface area contributed by atoms with Crippen molar-refractivity contribution < 1.29 is 24.0 Å². The molecular formula is C31H37ClN4O6. The van der Waals surface area contributed by atoms with Crippen LogP contribution < -0.4 is 5.32 Å². The summed E-state index contributed by atoms with van der Waals surface area (Å²) in [5.74, 6) is -0.583. The third-order valence-corrected chi connectivity index (χ3v) is 8.26. The number of urea groups is 1. The summed E-state index contributed by atoms with van der Waals surface area (Å²) >= 11 is 6.11. The molecule has 2 aromatic carbocycles. The topological polar surface area (TPSA) is 122 Å². The molecule has 42 heavy (non-hydrogen) atoms. The van der Waals surface area contributed by atoms with Gasteiger partial charge in [-0.25, -0.2) is 9.59 Å². The van der Waals surface area contributed by atoms with Crippen LogP contribution in [0.5, 0.6) is 0 Å². The third-order valence-electron chi connectivity index (χ3n) is 8.01. The van der Waals surface area contributed by atoms with Gasteiger partial charge in [0.05, 0.1) is 28.1 Å². The minimum atomic E-state index is -0.902. The van der Waals surface area contributed by atoms with Crippen molar-refractivity contribution in [1.29, 1.82) is 0 Å². The molecule has 0 aromatic heterocycles. The number of nitro benzene ring substituents is 1. The highest BCUT2D eigenvalue weighted by Gasteiger charge is 2.44. The fourth-order valence-corrected chi connectivity index (χ4v) is 6.15. The van der Waals surface area contributed by atoms with E-state index in [1.165, 1.54) is 23.1 Å². The molecule has 4 rings (SSSR count). The first kappa shape index (κ1) is 31.0. The Balaban J connectivity index is 1.57. The first-order valence-electron chi connectivity index (χ1n) is 14.2. The van der Waals surface area contributed by atoms with Gasteiger partial charge in [-0.2, -0.15) is 0 Å². The van der Waals surface area contributed by atoms with Crippen LogP contribution in [-0.2, 0) is 19.7 Å². The van der Waals surface area contributed by atoms with Gasteiger partial charge in [0.2, 0.25) is 5.91 Å². The lowest BCUT2D eigenvalue weighted by Gasteiger charge is -2.38. The van der Waals surface area contributed by atoms with E-state index in [1.807, 2.05) is 24.3 Å². The quantitative estimate of drug-likeness (QED) is 0.207. The Morgan fingerprint density at radius 1 is 1.19 bits per heavy atom. The average Bonchev–Trinajstić information content (AvgIpc) is 3.44. The highest BCUT2D eigenvalue weighted by molar-refractivity contribution is 6.30. The molecule has 0 saturated heterocycles. The number of carbonyl (C=O) groups excluding carboxylic acids is 3. The number of nitrogens with one attached hydrogen (secondary N) is 1. The fraction of sp³-hybridized carbons (Fsp3) is 0.452. The number of esters is 1. The number of nitrogens with zero attached hydrogens (tertiary/aromatic N) is 3. The molecule has 1 aliphatic carbocycles. The third kappa shape index (κ3) is 6.43. The van der Waals surface area contributed by atoms with Crippen LogP contribution in [-0.4, -0.2) is 58.9 Å². The summed E-state index contributed by atoms with van der Waals surface area (Å²) in [6.45, 7) is 5.62. The molecule has 10 nitrogen and oxygen atoms in total. The number of allylic oxidation sites excluding steroid dienone is 1. The highest BCUT2D eigenvalue weighted by Crippen LogP contribution is 2.43. The molecule has 1 unspecified atom stereocenters. The summed E-state index contributed by atoms with van der Waals surface area (Å²) in [6.07, 6.45) is 3.45. The van der Waals surface area contributed by atoms with E-state index in [1.54, 1.807) is 38.8 Å². The van der Waals surface area contributed by atoms with Gasteiger partial charge in [0.15, 0.2) is 0 Å². The maximum atomic E-state index is 13.8. The number of likely N-dealkylation sites (N-methyl/N-ethyl adjacent to an activating group) is 1. The van der Waals surface area contributed by atoms with E-state index in [0.29, 0.717) is 29.2 Å². The zero-order chi connectivity index (χ0) is 30.6. The molecule has 1 heterocycles. The standard InChI is InChI=1S/C31H37ClN4O6/c1-20(2)42-28(37)26-21(3)33-30(39)35(27(26)22-9-7-10-25(19-22)36(40)41)18-8-17-34(4)29(38)31(15-5-6-16-31)23-11-13-24(32)14-12-23/h7,9-14,19-20,27H,5-6,8,15-18H2,1-4H3,(H,33,39). The van der Waals surface area contributed by atoms with Crippen molar-refractivity contribution in [3.8, 4) is 0 Å². The molecule has 1 aliphatic heterocycles. The van der Waals surface area contributed by atoms with E-state index in [4.69, 9.17) is 16.3 Å². The second-order valence-electron chi connectivity index (χ2n) is 11.2. The molecule has 1 fully saturated rings. The second kappa shape index (κ2) is 12.9. The summed E-state index contributed by atoms with van der Waals surface area (Å²) in [5, 5.41) is 14.9. The predicted molar refractivity (Wildman–Crippen MR) is 159 cm³/mol. The molecular weight excluding hydrogens is 560 g/mol. The number of carbonyl (C=O) groups is 3. The molecule has 1 saturated carbocycles. The summed E-state index contributed by atoms with van der Waals surface area (Å²) in [5.41, 5.74) is 1.16. The van der Waals surface area contributed by atoms with E-state index in [-0.39, 0.29) is 23.7 Å². The summed E-state index contributed by atoms with van der Waals surface area (Å²) in [4.78, 5) is 54.6. The molecule has 0 bridgehead atoms. The van der Waals surface area contributed by atoms with Gasteiger partial charge in [-0.3, -0.25) is 14.9 Å². The van der Waals surface area contributed by atoms with Gasteiger partial charge in [-0.15, -0.1) is 0 Å². The Labute approximate surface area is 250 Å². The van der Waals surface area contributed by atoms with Gasteiger partial charge in [-0.1, -0.05) is 48.7 Å². The van der Waals surface area contributed by atoms with Crippen LogP contribution >= 0.6 is 11.6 Å². The van der Waals surface area contributed by atoms with Crippen LogP contribution in [0.3, 0.4) is 0 Å². The van der Waals surface area contributed by atoms with Gasteiger partial charge >= 0.3 is 12.0 Å². The zero-order valence-corrected chi connectivity index (χ0v) is 25.1. The van der Waals surface area contributed by atoms with E-state index in [2.05, 4.69) is 5.32 Å². The molecule has 11 heteroatoms. The smallest absolute Gasteiger partial charge is 0.338 e. The van der Waals surface area contributed by atoms with Crippen LogP contribution in [0, 0.1) is 10.1 Å². The lowest BCUT2D eigenvalue weighted by Crippen LogP contribution is -2.50. The number of rotatable bonds is 10. The number of hydrogen-bond donors (Lipinski definition) is 1. The number of halogens is 1. The molecule has 1 atom stereocenters. The van der Waals surface area contributed by atoms with E-state index >= 15 is 0 Å². The lowest BCUT2D eigenvalue weighted by atomic mass is 9.77. The monoisotopic (exact) mass is 596 g/mol. The van der Waals surface area contributed by atoms with E-state index in [0.717, 1.165) is 31.2 Å². The van der Waals surface area contributed by atoms with Gasteiger partial charge in [0.25, 0.3) is 5.69 Å². The molecule has 224 valence electrons. The fourth-order valence-electron chi connectivity index (χ4n) is 6.02. The van der Waals surface area contributed by atoms with Gasteiger partial charge in [0, 0.05) is 43.0 Å². The lowest BCUT2D eigenvalue weighted by molar-refractivity contribution is -0.384. The van der Waals surface area contributed by atoms with Crippen molar-refractivity contribution in [2.24, 2.45) is 0 Å². The molecule has 2 aliphatic rings. The number of amides is 3. The van der Waals surface area contributed by atoms with Crippen molar-refractivity contribution in [3.05, 3.63) is 86.1 Å². The van der Waals surface area contributed by atoms with E-state index in [9.17, 15) is 24.5 Å². The number of hydrogen-bond acceptors (Lipinski definition) is 6. The molecule has 3 amide bonds. The SMILES string of the molecule is CC1=C(C(=O)OC(C)C)C(c2cccc([N+](=O)[O-])c2)N(CCCN(C)C(=O)C2(c3ccc(Cl)cc3)CCCC2)C(=O)N1. The summed E-state index contributed by atoms with van der Waals surface area (Å²) in [6, 6.07) is 12.1. The molecule has 2 aromatic rings. The first-order chi connectivity index (χ1) is 19.9. The van der Waals surface area contributed by atoms with Gasteiger partial charge in [0.1, 0.15) is 0 Å². The van der Waals surface area contributed by atoms with Crippen molar-refractivity contribution in [2.45, 2.75) is 70.4 Å². The average molecular weight is 597 g/mol. The maximum absolute atomic E-state index is 13.8. The molecule has 0 radical (unpaired) electrons. The minimum Gasteiger partial charge on any atom is -0.459 e. The Kier molecular flexibility index (Phi) is 9.56.